The van der Waals surface area contributed by atoms with E-state index in [1.54, 1.807) is 18.2 Å². The van der Waals surface area contributed by atoms with Gasteiger partial charge in [0, 0.05) is 11.6 Å². The molecule has 1 atom stereocenters. The first kappa shape index (κ1) is 16.8. The minimum atomic E-state index is -0.930. The molecule has 0 saturated carbocycles. The van der Waals surface area contributed by atoms with E-state index in [4.69, 9.17) is 14.6 Å². The summed E-state index contributed by atoms with van der Waals surface area (Å²) in [5.74, 6) is -0.267. The molecule has 0 aromatic heterocycles. The number of benzene rings is 1. The molecule has 0 radical (unpaired) electrons. The number of carboxylic acids is 1. The van der Waals surface area contributed by atoms with Crippen molar-refractivity contribution in [1.82, 2.24) is 5.32 Å². The number of carboxylic acid groups (broad SMARTS) is 1. The standard InChI is InChI=1S/C15H21NO5/c1-4-5-11(9-14(17)18)16-15(19)10-6-7-12(20-2)13(8-10)21-3/h6-8,11H,4-5,9H2,1-3H3,(H,16,19)(H,17,18). The fourth-order valence-electron chi connectivity index (χ4n) is 2.03. The number of carbonyl (C=O) groups excluding carboxylic acids is 1. The van der Waals surface area contributed by atoms with Gasteiger partial charge in [0.15, 0.2) is 11.5 Å². The second kappa shape index (κ2) is 8.14. The highest BCUT2D eigenvalue weighted by atomic mass is 16.5. The summed E-state index contributed by atoms with van der Waals surface area (Å²) in [6.45, 7) is 1.94. The third-order valence-corrected chi connectivity index (χ3v) is 3.04. The third-order valence-electron chi connectivity index (χ3n) is 3.04. The van der Waals surface area contributed by atoms with Crippen LogP contribution in [0.2, 0.25) is 0 Å². The highest BCUT2D eigenvalue weighted by Crippen LogP contribution is 2.27. The van der Waals surface area contributed by atoms with Crippen molar-refractivity contribution in [3.05, 3.63) is 23.8 Å². The minimum absolute atomic E-state index is 0.0904. The Balaban J connectivity index is 2.84. The average Bonchev–Trinajstić information content (AvgIpc) is 2.45. The van der Waals surface area contributed by atoms with Gasteiger partial charge in [-0.05, 0) is 24.6 Å². The van der Waals surface area contributed by atoms with Crippen molar-refractivity contribution in [2.45, 2.75) is 32.2 Å². The Morgan fingerprint density at radius 3 is 2.43 bits per heavy atom. The lowest BCUT2D eigenvalue weighted by Gasteiger charge is -2.16. The average molecular weight is 295 g/mol. The van der Waals surface area contributed by atoms with Crippen molar-refractivity contribution in [2.75, 3.05) is 14.2 Å². The van der Waals surface area contributed by atoms with Gasteiger partial charge in [-0.15, -0.1) is 0 Å². The van der Waals surface area contributed by atoms with Gasteiger partial charge in [-0.3, -0.25) is 9.59 Å². The third kappa shape index (κ3) is 4.98. The Morgan fingerprint density at radius 2 is 1.90 bits per heavy atom. The van der Waals surface area contributed by atoms with Crippen LogP contribution in [0.15, 0.2) is 18.2 Å². The second-order valence-corrected chi connectivity index (χ2v) is 4.63. The van der Waals surface area contributed by atoms with Gasteiger partial charge in [0.05, 0.1) is 20.6 Å². The molecule has 1 rings (SSSR count). The van der Waals surface area contributed by atoms with E-state index in [9.17, 15) is 9.59 Å². The molecule has 0 bridgehead atoms. The van der Waals surface area contributed by atoms with Crippen LogP contribution in [0.4, 0.5) is 0 Å². The zero-order chi connectivity index (χ0) is 15.8. The van der Waals surface area contributed by atoms with Gasteiger partial charge in [0.25, 0.3) is 5.91 Å². The van der Waals surface area contributed by atoms with E-state index in [1.807, 2.05) is 6.92 Å². The topological polar surface area (TPSA) is 84.9 Å². The first-order valence-corrected chi connectivity index (χ1v) is 6.76. The Hall–Kier alpha value is -2.24. The van der Waals surface area contributed by atoms with Gasteiger partial charge in [-0.25, -0.2) is 0 Å². The first-order valence-electron chi connectivity index (χ1n) is 6.76. The Labute approximate surface area is 124 Å². The molecule has 6 heteroatoms. The van der Waals surface area contributed by atoms with E-state index >= 15 is 0 Å². The molecule has 0 aliphatic heterocycles. The summed E-state index contributed by atoms with van der Waals surface area (Å²) in [5.41, 5.74) is 0.402. The quantitative estimate of drug-likeness (QED) is 0.767. The Morgan fingerprint density at radius 1 is 1.24 bits per heavy atom. The lowest BCUT2D eigenvalue weighted by Crippen LogP contribution is -2.36. The highest BCUT2D eigenvalue weighted by Gasteiger charge is 2.17. The molecule has 6 nitrogen and oxygen atoms in total. The van der Waals surface area contributed by atoms with Crippen molar-refractivity contribution in [1.29, 1.82) is 0 Å². The molecule has 1 aromatic rings. The van der Waals surface area contributed by atoms with Gasteiger partial charge < -0.3 is 19.9 Å². The number of aliphatic carboxylic acids is 1. The van der Waals surface area contributed by atoms with Gasteiger partial charge >= 0.3 is 5.97 Å². The van der Waals surface area contributed by atoms with Crippen molar-refractivity contribution < 1.29 is 24.2 Å². The number of carbonyl (C=O) groups is 2. The van der Waals surface area contributed by atoms with Crippen molar-refractivity contribution >= 4 is 11.9 Å². The predicted octanol–water partition coefficient (Wildman–Crippen LogP) is 2.08. The molecule has 0 aliphatic carbocycles. The molecule has 1 aromatic carbocycles. The smallest absolute Gasteiger partial charge is 0.305 e. The number of nitrogens with one attached hydrogen (secondary N) is 1. The molecule has 0 heterocycles. The van der Waals surface area contributed by atoms with Crippen LogP contribution in [-0.2, 0) is 4.79 Å². The maximum absolute atomic E-state index is 12.2. The van der Waals surface area contributed by atoms with Crippen molar-refractivity contribution in [3.63, 3.8) is 0 Å². The monoisotopic (exact) mass is 295 g/mol. The zero-order valence-corrected chi connectivity index (χ0v) is 12.5. The normalized spacial score (nSPS) is 11.6. The molecule has 2 N–H and O–H groups in total. The van der Waals surface area contributed by atoms with E-state index in [1.165, 1.54) is 14.2 Å². The van der Waals surface area contributed by atoms with E-state index in [-0.39, 0.29) is 18.4 Å². The molecule has 21 heavy (non-hydrogen) atoms. The number of hydrogen-bond acceptors (Lipinski definition) is 4. The summed E-state index contributed by atoms with van der Waals surface area (Å²) in [7, 11) is 3.01. The van der Waals surface area contributed by atoms with E-state index in [0.717, 1.165) is 6.42 Å². The van der Waals surface area contributed by atoms with E-state index < -0.39 is 5.97 Å². The zero-order valence-electron chi connectivity index (χ0n) is 12.5. The van der Waals surface area contributed by atoms with Gasteiger partial charge in [-0.2, -0.15) is 0 Å². The van der Waals surface area contributed by atoms with E-state index in [2.05, 4.69) is 5.32 Å². The minimum Gasteiger partial charge on any atom is -0.493 e. The highest BCUT2D eigenvalue weighted by molar-refractivity contribution is 5.95. The van der Waals surface area contributed by atoms with Gasteiger partial charge in [0.1, 0.15) is 0 Å². The molecular weight excluding hydrogens is 274 g/mol. The summed E-state index contributed by atoms with van der Waals surface area (Å²) in [6.07, 6.45) is 1.32. The maximum Gasteiger partial charge on any atom is 0.305 e. The number of methoxy groups -OCH3 is 2. The van der Waals surface area contributed by atoms with Crippen molar-refractivity contribution in [3.8, 4) is 11.5 Å². The first-order chi connectivity index (χ1) is 10.0. The largest absolute Gasteiger partial charge is 0.493 e. The molecule has 116 valence electrons. The Kier molecular flexibility index (Phi) is 6.52. The van der Waals surface area contributed by atoms with Crippen LogP contribution in [0, 0.1) is 0 Å². The van der Waals surface area contributed by atoms with Crippen LogP contribution in [0.1, 0.15) is 36.5 Å². The molecule has 0 aliphatic rings. The maximum atomic E-state index is 12.2. The lowest BCUT2D eigenvalue weighted by atomic mass is 10.1. The van der Waals surface area contributed by atoms with Crippen LogP contribution in [0.3, 0.4) is 0 Å². The molecule has 1 amide bonds. The Bertz CT molecular complexity index is 501. The summed E-state index contributed by atoms with van der Waals surface area (Å²) < 4.78 is 10.3. The summed E-state index contributed by atoms with van der Waals surface area (Å²) >= 11 is 0. The molecular formula is C15H21NO5. The molecule has 1 unspecified atom stereocenters. The van der Waals surface area contributed by atoms with Crippen LogP contribution in [0.25, 0.3) is 0 Å². The van der Waals surface area contributed by atoms with E-state index in [0.29, 0.717) is 23.5 Å². The van der Waals surface area contributed by atoms with Crippen LogP contribution in [0.5, 0.6) is 11.5 Å². The predicted molar refractivity (Wildman–Crippen MR) is 78.0 cm³/mol. The fourth-order valence-corrected chi connectivity index (χ4v) is 2.03. The van der Waals surface area contributed by atoms with Crippen LogP contribution >= 0.6 is 0 Å². The number of hydrogen-bond donors (Lipinski definition) is 2. The SMILES string of the molecule is CCCC(CC(=O)O)NC(=O)c1ccc(OC)c(OC)c1. The van der Waals surface area contributed by atoms with Crippen LogP contribution < -0.4 is 14.8 Å². The van der Waals surface area contributed by atoms with Crippen molar-refractivity contribution in [2.24, 2.45) is 0 Å². The van der Waals surface area contributed by atoms with Gasteiger partial charge in [0.2, 0.25) is 0 Å². The van der Waals surface area contributed by atoms with Gasteiger partial charge in [-0.1, -0.05) is 13.3 Å². The number of ether oxygens (including phenoxy) is 2. The lowest BCUT2D eigenvalue weighted by molar-refractivity contribution is -0.137. The second-order valence-electron chi connectivity index (χ2n) is 4.63. The number of amides is 1. The number of rotatable bonds is 8. The molecule has 0 saturated heterocycles. The molecule has 0 fully saturated rings. The summed E-state index contributed by atoms with van der Waals surface area (Å²) in [5, 5.41) is 11.6. The summed E-state index contributed by atoms with van der Waals surface area (Å²) in [4.78, 5) is 23.0. The fraction of sp³-hybridized carbons (Fsp3) is 0.467. The van der Waals surface area contributed by atoms with Crippen LogP contribution in [-0.4, -0.2) is 37.2 Å². The molecule has 0 spiro atoms. The summed E-state index contributed by atoms with van der Waals surface area (Å²) in [6, 6.07) is 4.44.